The highest BCUT2D eigenvalue weighted by atomic mass is 15.2. The number of nitrogens with one attached hydrogen (secondary N) is 1. The van der Waals surface area contributed by atoms with Crippen molar-refractivity contribution >= 4 is 0 Å². The van der Waals surface area contributed by atoms with Crippen molar-refractivity contribution < 1.29 is 0 Å². The number of likely N-dealkylation sites (N-methyl/N-ethyl adjacent to an activating group) is 1. The predicted molar refractivity (Wildman–Crippen MR) is 81.0 cm³/mol. The zero-order valence-electron chi connectivity index (χ0n) is 13.4. The molecule has 1 saturated carbocycles. The molecular formula is C16H34N2. The van der Waals surface area contributed by atoms with Crippen LogP contribution in [0.4, 0.5) is 0 Å². The van der Waals surface area contributed by atoms with Gasteiger partial charge in [-0.2, -0.15) is 0 Å². The van der Waals surface area contributed by atoms with E-state index in [4.69, 9.17) is 0 Å². The van der Waals surface area contributed by atoms with E-state index in [1.165, 1.54) is 32.2 Å². The van der Waals surface area contributed by atoms with E-state index in [9.17, 15) is 0 Å². The van der Waals surface area contributed by atoms with Gasteiger partial charge in [-0.3, -0.25) is 0 Å². The van der Waals surface area contributed by atoms with Crippen LogP contribution in [0.1, 0.15) is 60.3 Å². The molecule has 1 aliphatic rings. The maximum absolute atomic E-state index is 3.67. The zero-order valence-corrected chi connectivity index (χ0v) is 13.4. The molecule has 0 saturated heterocycles. The summed E-state index contributed by atoms with van der Waals surface area (Å²) in [5.74, 6) is 1.66. The molecule has 1 rings (SSSR count). The van der Waals surface area contributed by atoms with Crippen molar-refractivity contribution in [3.63, 3.8) is 0 Å². The summed E-state index contributed by atoms with van der Waals surface area (Å²) >= 11 is 0. The molecule has 0 aromatic carbocycles. The van der Waals surface area contributed by atoms with Gasteiger partial charge in [-0.05, 0) is 52.5 Å². The third-order valence-electron chi connectivity index (χ3n) is 4.20. The summed E-state index contributed by atoms with van der Waals surface area (Å²) in [6.07, 6.45) is 5.79. The van der Waals surface area contributed by atoms with Crippen LogP contribution in [-0.4, -0.2) is 36.6 Å². The third kappa shape index (κ3) is 5.71. The molecule has 1 fully saturated rings. The Morgan fingerprint density at radius 1 is 1.17 bits per heavy atom. The lowest BCUT2D eigenvalue weighted by Crippen LogP contribution is -2.49. The van der Waals surface area contributed by atoms with Crippen molar-refractivity contribution in [2.45, 2.75) is 71.9 Å². The van der Waals surface area contributed by atoms with Crippen LogP contribution in [0, 0.1) is 11.8 Å². The third-order valence-corrected chi connectivity index (χ3v) is 4.20. The standard InChI is InChI=1S/C16H34N2/c1-13(2)15(11-17-16(3,4)5)18(6)12-14-9-7-8-10-14/h13-15,17H,7-12H2,1-6H3. The molecule has 108 valence electrons. The summed E-state index contributed by atoms with van der Waals surface area (Å²) in [7, 11) is 2.31. The molecule has 1 atom stereocenters. The number of rotatable bonds is 6. The second-order valence-electron chi connectivity index (χ2n) is 7.53. The maximum Gasteiger partial charge on any atom is 0.0240 e. The molecule has 1 N–H and O–H groups in total. The monoisotopic (exact) mass is 254 g/mol. The highest BCUT2D eigenvalue weighted by Gasteiger charge is 2.24. The van der Waals surface area contributed by atoms with E-state index >= 15 is 0 Å². The summed E-state index contributed by atoms with van der Waals surface area (Å²) in [5.41, 5.74) is 0.224. The molecule has 0 aromatic rings. The molecule has 2 nitrogen and oxygen atoms in total. The van der Waals surface area contributed by atoms with Crippen molar-refractivity contribution in [2.75, 3.05) is 20.1 Å². The molecule has 18 heavy (non-hydrogen) atoms. The van der Waals surface area contributed by atoms with Crippen LogP contribution >= 0.6 is 0 Å². The fourth-order valence-corrected chi connectivity index (χ4v) is 3.05. The van der Waals surface area contributed by atoms with Crippen LogP contribution in [0.15, 0.2) is 0 Å². The molecule has 0 spiro atoms. The van der Waals surface area contributed by atoms with Crippen molar-refractivity contribution in [1.29, 1.82) is 0 Å². The second kappa shape index (κ2) is 6.91. The summed E-state index contributed by atoms with van der Waals surface area (Å²) < 4.78 is 0. The first-order valence-electron chi connectivity index (χ1n) is 7.75. The normalized spacial score (nSPS) is 20.0. The molecule has 0 aromatic heterocycles. The van der Waals surface area contributed by atoms with Crippen LogP contribution < -0.4 is 5.32 Å². The van der Waals surface area contributed by atoms with Crippen molar-refractivity contribution in [2.24, 2.45) is 11.8 Å². The highest BCUT2D eigenvalue weighted by Crippen LogP contribution is 2.26. The van der Waals surface area contributed by atoms with Crippen LogP contribution in [-0.2, 0) is 0 Å². The minimum absolute atomic E-state index is 0.224. The lowest BCUT2D eigenvalue weighted by molar-refractivity contribution is 0.154. The zero-order chi connectivity index (χ0) is 13.8. The second-order valence-corrected chi connectivity index (χ2v) is 7.53. The summed E-state index contributed by atoms with van der Waals surface area (Å²) in [6, 6.07) is 0.657. The number of nitrogens with zero attached hydrogens (tertiary/aromatic N) is 1. The average Bonchev–Trinajstić information content (AvgIpc) is 2.67. The van der Waals surface area contributed by atoms with Gasteiger partial charge in [0.2, 0.25) is 0 Å². The Balaban J connectivity index is 2.44. The van der Waals surface area contributed by atoms with Gasteiger partial charge in [-0.25, -0.2) is 0 Å². The summed E-state index contributed by atoms with van der Waals surface area (Å²) in [5, 5.41) is 3.67. The Hall–Kier alpha value is -0.0800. The Morgan fingerprint density at radius 2 is 1.72 bits per heavy atom. The first-order chi connectivity index (χ1) is 8.29. The molecule has 1 unspecified atom stereocenters. The molecule has 2 heteroatoms. The Bertz CT molecular complexity index is 224. The summed E-state index contributed by atoms with van der Waals surface area (Å²) in [4.78, 5) is 2.60. The smallest absolute Gasteiger partial charge is 0.0240 e. The van der Waals surface area contributed by atoms with Crippen molar-refractivity contribution in [3.8, 4) is 0 Å². The van der Waals surface area contributed by atoms with Gasteiger partial charge in [0.15, 0.2) is 0 Å². The molecule has 0 bridgehead atoms. The quantitative estimate of drug-likeness (QED) is 0.780. The lowest BCUT2D eigenvalue weighted by Gasteiger charge is -2.35. The van der Waals surface area contributed by atoms with E-state index < -0.39 is 0 Å². The lowest BCUT2D eigenvalue weighted by atomic mass is 9.99. The van der Waals surface area contributed by atoms with Gasteiger partial charge in [-0.1, -0.05) is 26.7 Å². The topological polar surface area (TPSA) is 15.3 Å². The minimum Gasteiger partial charge on any atom is -0.311 e. The minimum atomic E-state index is 0.224. The first kappa shape index (κ1) is 16.0. The van der Waals surface area contributed by atoms with Gasteiger partial charge in [-0.15, -0.1) is 0 Å². The van der Waals surface area contributed by atoms with E-state index in [1.807, 2.05) is 0 Å². The molecule has 0 radical (unpaired) electrons. The van der Waals surface area contributed by atoms with Gasteiger partial charge in [0.25, 0.3) is 0 Å². The van der Waals surface area contributed by atoms with E-state index in [-0.39, 0.29) is 5.54 Å². The summed E-state index contributed by atoms with van der Waals surface area (Å²) in [6.45, 7) is 13.8. The van der Waals surface area contributed by atoms with E-state index in [0.29, 0.717) is 12.0 Å². The molecule has 0 amide bonds. The van der Waals surface area contributed by atoms with Gasteiger partial charge >= 0.3 is 0 Å². The first-order valence-corrected chi connectivity index (χ1v) is 7.75. The van der Waals surface area contributed by atoms with Gasteiger partial charge in [0, 0.05) is 24.7 Å². The van der Waals surface area contributed by atoms with Gasteiger partial charge in [0.05, 0.1) is 0 Å². The van der Waals surface area contributed by atoms with E-state index in [1.54, 1.807) is 0 Å². The van der Waals surface area contributed by atoms with Crippen LogP contribution in [0.3, 0.4) is 0 Å². The Morgan fingerprint density at radius 3 is 2.17 bits per heavy atom. The largest absolute Gasteiger partial charge is 0.311 e. The van der Waals surface area contributed by atoms with E-state index in [0.717, 1.165) is 12.5 Å². The van der Waals surface area contributed by atoms with Crippen molar-refractivity contribution in [1.82, 2.24) is 10.2 Å². The number of hydrogen-bond donors (Lipinski definition) is 1. The van der Waals surface area contributed by atoms with Crippen LogP contribution in [0.5, 0.6) is 0 Å². The fourth-order valence-electron chi connectivity index (χ4n) is 3.05. The SMILES string of the molecule is CC(C)C(CNC(C)(C)C)N(C)CC1CCCC1. The molecular weight excluding hydrogens is 220 g/mol. The number of hydrogen-bond acceptors (Lipinski definition) is 2. The maximum atomic E-state index is 3.67. The predicted octanol–water partition coefficient (Wildman–Crippen LogP) is 3.52. The van der Waals surface area contributed by atoms with Crippen LogP contribution in [0.25, 0.3) is 0 Å². The molecule has 0 aliphatic heterocycles. The van der Waals surface area contributed by atoms with Gasteiger partial charge in [0.1, 0.15) is 0 Å². The fraction of sp³-hybridized carbons (Fsp3) is 1.00. The van der Waals surface area contributed by atoms with E-state index in [2.05, 4.69) is 51.9 Å². The Labute approximate surface area is 115 Å². The molecule has 0 heterocycles. The Kier molecular flexibility index (Phi) is 6.13. The van der Waals surface area contributed by atoms with Crippen LogP contribution in [0.2, 0.25) is 0 Å². The van der Waals surface area contributed by atoms with Gasteiger partial charge < -0.3 is 10.2 Å². The average molecular weight is 254 g/mol. The van der Waals surface area contributed by atoms with Crippen molar-refractivity contribution in [3.05, 3.63) is 0 Å². The molecule has 1 aliphatic carbocycles. The highest BCUT2D eigenvalue weighted by molar-refractivity contribution is 4.82.